The third-order valence-electron chi connectivity index (χ3n) is 3.95. The zero-order chi connectivity index (χ0) is 20.8. The van der Waals surface area contributed by atoms with Gasteiger partial charge in [-0.15, -0.1) is 0 Å². The van der Waals surface area contributed by atoms with Gasteiger partial charge in [-0.3, -0.25) is 9.59 Å². The highest BCUT2D eigenvalue weighted by molar-refractivity contribution is 5.74. The van der Waals surface area contributed by atoms with E-state index in [-0.39, 0.29) is 11.9 Å². The Balaban J connectivity index is 2.50. The Morgan fingerprint density at radius 3 is 1.36 bits per heavy atom. The molecular formula is C24H26O4. The SMILES string of the molecule is C=C(C)Cc1cc(-c2ccc(OC(C)=O)c(CC(=C)C)c2)ccc1OC(C)=O. The highest BCUT2D eigenvalue weighted by Crippen LogP contribution is 2.32. The van der Waals surface area contributed by atoms with Gasteiger partial charge in [0.1, 0.15) is 11.5 Å². The molecule has 4 nitrogen and oxygen atoms in total. The molecule has 2 rings (SSSR count). The predicted molar refractivity (Wildman–Crippen MR) is 112 cm³/mol. The molecule has 0 saturated carbocycles. The molecule has 0 aliphatic carbocycles. The van der Waals surface area contributed by atoms with Crippen molar-refractivity contribution in [1.82, 2.24) is 0 Å². The van der Waals surface area contributed by atoms with E-state index in [9.17, 15) is 9.59 Å². The largest absolute Gasteiger partial charge is 0.426 e. The molecule has 0 fully saturated rings. The molecule has 0 aliphatic rings. The topological polar surface area (TPSA) is 52.6 Å². The van der Waals surface area contributed by atoms with Crippen molar-refractivity contribution in [3.05, 3.63) is 71.8 Å². The van der Waals surface area contributed by atoms with Crippen LogP contribution in [-0.4, -0.2) is 11.9 Å². The Kier molecular flexibility index (Phi) is 6.94. The van der Waals surface area contributed by atoms with E-state index < -0.39 is 0 Å². The van der Waals surface area contributed by atoms with Crippen molar-refractivity contribution in [3.63, 3.8) is 0 Å². The van der Waals surface area contributed by atoms with E-state index in [2.05, 4.69) is 13.2 Å². The van der Waals surface area contributed by atoms with Gasteiger partial charge in [0.05, 0.1) is 0 Å². The van der Waals surface area contributed by atoms with Gasteiger partial charge in [-0.1, -0.05) is 36.4 Å². The fourth-order valence-electron chi connectivity index (χ4n) is 2.95. The average molecular weight is 378 g/mol. The third-order valence-corrected chi connectivity index (χ3v) is 3.95. The van der Waals surface area contributed by atoms with E-state index in [0.717, 1.165) is 33.4 Å². The Hall–Kier alpha value is -3.14. The quantitative estimate of drug-likeness (QED) is 0.366. The Bertz CT molecular complexity index is 860. The first-order chi connectivity index (χ1) is 13.2. The molecule has 28 heavy (non-hydrogen) atoms. The number of carbonyl (C=O) groups is 2. The number of carbonyl (C=O) groups excluding carboxylic acids is 2. The number of esters is 2. The van der Waals surface area contributed by atoms with Crippen LogP contribution in [-0.2, 0) is 22.4 Å². The summed E-state index contributed by atoms with van der Waals surface area (Å²) in [5, 5.41) is 0. The lowest BCUT2D eigenvalue weighted by Crippen LogP contribution is -2.05. The molecule has 0 radical (unpaired) electrons. The van der Waals surface area contributed by atoms with Crippen LogP contribution in [0.1, 0.15) is 38.8 Å². The lowest BCUT2D eigenvalue weighted by molar-refractivity contribution is -0.132. The molecule has 0 amide bonds. The first kappa shape index (κ1) is 21.2. The molecule has 0 heterocycles. The summed E-state index contributed by atoms with van der Waals surface area (Å²) < 4.78 is 10.7. The molecule has 0 aliphatic heterocycles. The highest BCUT2D eigenvalue weighted by Gasteiger charge is 2.12. The van der Waals surface area contributed by atoms with E-state index >= 15 is 0 Å². The molecule has 146 valence electrons. The minimum Gasteiger partial charge on any atom is -0.426 e. The fourth-order valence-corrected chi connectivity index (χ4v) is 2.95. The first-order valence-electron chi connectivity index (χ1n) is 9.07. The summed E-state index contributed by atoms with van der Waals surface area (Å²) in [6.07, 6.45) is 1.22. The van der Waals surface area contributed by atoms with Gasteiger partial charge in [0.2, 0.25) is 0 Å². The van der Waals surface area contributed by atoms with Crippen molar-refractivity contribution in [1.29, 1.82) is 0 Å². The summed E-state index contributed by atoms with van der Waals surface area (Å²) in [7, 11) is 0. The molecule has 2 aromatic carbocycles. The second-order valence-corrected chi connectivity index (χ2v) is 7.10. The monoisotopic (exact) mass is 378 g/mol. The van der Waals surface area contributed by atoms with E-state index in [0.29, 0.717) is 24.3 Å². The molecule has 4 heteroatoms. The molecule has 0 atom stereocenters. The van der Waals surface area contributed by atoms with Crippen molar-refractivity contribution < 1.29 is 19.1 Å². The van der Waals surface area contributed by atoms with Crippen molar-refractivity contribution >= 4 is 11.9 Å². The fraction of sp³-hybridized carbons (Fsp3) is 0.250. The van der Waals surface area contributed by atoms with Gasteiger partial charge in [0, 0.05) is 13.8 Å². The van der Waals surface area contributed by atoms with Gasteiger partial charge in [0.15, 0.2) is 0 Å². The van der Waals surface area contributed by atoms with Crippen LogP contribution in [0.4, 0.5) is 0 Å². The molecule has 0 N–H and O–H groups in total. The third kappa shape index (κ3) is 5.95. The number of allylic oxidation sites excluding steroid dienone is 2. The van der Waals surface area contributed by atoms with E-state index in [1.807, 2.05) is 38.1 Å². The van der Waals surface area contributed by atoms with E-state index in [1.54, 1.807) is 12.1 Å². The smallest absolute Gasteiger partial charge is 0.308 e. The van der Waals surface area contributed by atoms with Crippen LogP contribution in [0.5, 0.6) is 11.5 Å². The normalized spacial score (nSPS) is 10.3. The number of hydrogen-bond donors (Lipinski definition) is 0. The maximum atomic E-state index is 11.4. The van der Waals surface area contributed by atoms with Crippen molar-refractivity contribution in [2.24, 2.45) is 0 Å². The number of hydrogen-bond acceptors (Lipinski definition) is 4. The molecule has 0 spiro atoms. The van der Waals surface area contributed by atoms with Crippen LogP contribution < -0.4 is 9.47 Å². The first-order valence-corrected chi connectivity index (χ1v) is 9.07. The predicted octanol–water partition coefficient (Wildman–Crippen LogP) is 5.44. The number of benzene rings is 2. The maximum absolute atomic E-state index is 11.4. The summed E-state index contributed by atoms with van der Waals surface area (Å²) in [4.78, 5) is 22.8. The number of rotatable bonds is 7. The summed E-state index contributed by atoms with van der Waals surface area (Å²) in [6.45, 7) is 14.6. The highest BCUT2D eigenvalue weighted by atomic mass is 16.5. The molecular weight excluding hydrogens is 352 g/mol. The molecule has 0 saturated heterocycles. The van der Waals surface area contributed by atoms with Crippen molar-refractivity contribution in [3.8, 4) is 22.6 Å². The van der Waals surface area contributed by atoms with Crippen LogP contribution in [0.15, 0.2) is 60.7 Å². The van der Waals surface area contributed by atoms with Crippen LogP contribution in [0.2, 0.25) is 0 Å². The minimum absolute atomic E-state index is 0.356. The zero-order valence-corrected chi connectivity index (χ0v) is 16.9. The van der Waals surface area contributed by atoms with Gasteiger partial charge in [-0.2, -0.15) is 0 Å². The van der Waals surface area contributed by atoms with Crippen molar-refractivity contribution in [2.75, 3.05) is 0 Å². The summed E-state index contributed by atoms with van der Waals surface area (Å²) in [5.41, 5.74) is 5.68. The second kappa shape index (κ2) is 9.18. The standard InChI is InChI=1S/C24H26O4/c1-15(2)11-21-13-19(7-9-23(21)27-17(5)25)20-8-10-24(28-18(6)26)22(14-20)12-16(3)4/h7-10,13-14H,1,3,11-12H2,2,4-6H3. The van der Waals surface area contributed by atoms with E-state index in [1.165, 1.54) is 13.8 Å². The van der Waals surface area contributed by atoms with Crippen LogP contribution in [0.25, 0.3) is 11.1 Å². The Labute approximate surface area is 166 Å². The lowest BCUT2D eigenvalue weighted by atomic mass is 9.96. The Morgan fingerprint density at radius 2 is 1.07 bits per heavy atom. The summed E-state index contributed by atoms with van der Waals surface area (Å²) in [5.74, 6) is 0.367. The van der Waals surface area contributed by atoms with Crippen LogP contribution in [0.3, 0.4) is 0 Å². The van der Waals surface area contributed by atoms with Gasteiger partial charge in [-0.25, -0.2) is 0 Å². The Morgan fingerprint density at radius 1 is 0.714 bits per heavy atom. The summed E-state index contributed by atoms with van der Waals surface area (Å²) in [6, 6.07) is 11.4. The van der Waals surface area contributed by atoms with Crippen LogP contribution >= 0.6 is 0 Å². The van der Waals surface area contributed by atoms with E-state index in [4.69, 9.17) is 9.47 Å². The van der Waals surface area contributed by atoms with Gasteiger partial charge in [0.25, 0.3) is 0 Å². The molecule has 0 bridgehead atoms. The van der Waals surface area contributed by atoms with Crippen LogP contribution in [0, 0.1) is 0 Å². The molecule has 0 aromatic heterocycles. The zero-order valence-electron chi connectivity index (χ0n) is 16.9. The molecule has 2 aromatic rings. The average Bonchev–Trinajstić information content (AvgIpc) is 2.56. The number of ether oxygens (including phenoxy) is 2. The van der Waals surface area contributed by atoms with Crippen molar-refractivity contribution in [2.45, 2.75) is 40.5 Å². The lowest BCUT2D eigenvalue weighted by Gasteiger charge is -2.14. The molecule has 0 unspecified atom stereocenters. The summed E-state index contributed by atoms with van der Waals surface area (Å²) >= 11 is 0. The second-order valence-electron chi connectivity index (χ2n) is 7.10. The van der Waals surface area contributed by atoms with Gasteiger partial charge < -0.3 is 9.47 Å². The minimum atomic E-state index is -0.356. The van der Waals surface area contributed by atoms with Gasteiger partial charge in [-0.05, 0) is 73.2 Å². The van der Waals surface area contributed by atoms with Gasteiger partial charge >= 0.3 is 11.9 Å². The maximum Gasteiger partial charge on any atom is 0.308 e.